The second-order valence-corrected chi connectivity index (χ2v) is 4.60. The topological polar surface area (TPSA) is 64.8 Å². The number of amides is 1. The Kier molecular flexibility index (Phi) is 5.79. The summed E-state index contributed by atoms with van der Waals surface area (Å²) in [6.45, 7) is 2.79. The standard InChI is InChI=1S/C14H22N2O3/c1-10-5-6-13(19-4)12(7-10)14(17)16(2)8-11(15)9-18-3/h5-7,11H,8-9,15H2,1-4H3. The van der Waals surface area contributed by atoms with Gasteiger partial charge in [-0.25, -0.2) is 0 Å². The van der Waals surface area contributed by atoms with E-state index in [1.54, 1.807) is 32.2 Å². The Bertz CT molecular complexity index is 435. The number of hydrogen-bond acceptors (Lipinski definition) is 4. The van der Waals surface area contributed by atoms with E-state index in [1.165, 1.54) is 0 Å². The average molecular weight is 266 g/mol. The van der Waals surface area contributed by atoms with Crippen molar-refractivity contribution in [1.82, 2.24) is 4.90 Å². The molecule has 0 bridgehead atoms. The van der Waals surface area contributed by atoms with Gasteiger partial charge in [0.15, 0.2) is 0 Å². The van der Waals surface area contributed by atoms with Gasteiger partial charge in [-0.05, 0) is 19.1 Å². The van der Waals surface area contributed by atoms with E-state index in [4.69, 9.17) is 15.2 Å². The van der Waals surface area contributed by atoms with Crippen molar-refractivity contribution in [1.29, 1.82) is 0 Å². The molecule has 5 nitrogen and oxygen atoms in total. The summed E-state index contributed by atoms with van der Waals surface area (Å²) in [5, 5.41) is 0. The van der Waals surface area contributed by atoms with Gasteiger partial charge < -0.3 is 20.1 Å². The van der Waals surface area contributed by atoms with Crippen LogP contribution in [0.3, 0.4) is 0 Å². The van der Waals surface area contributed by atoms with Crippen LogP contribution in [0.15, 0.2) is 18.2 Å². The van der Waals surface area contributed by atoms with Crippen LogP contribution in [0.5, 0.6) is 5.75 Å². The maximum atomic E-state index is 12.4. The lowest BCUT2D eigenvalue weighted by Crippen LogP contribution is -2.41. The van der Waals surface area contributed by atoms with Gasteiger partial charge in [-0.1, -0.05) is 11.6 Å². The van der Waals surface area contributed by atoms with Crippen molar-refractivity contribution in [2.24, 2.45) is 5.73 Å². The number of carbonyl (C=O) groups excluding carboxylic acids is 1. The molecule has 0 saturated heterocycles. The molecule has 2 N–H and O–H groups in total. The molecule has 1 unspecified atom stereocenters. The Morgan fingerprint density at radius 2 is 2.11 bits per heavy atom. The first-order chi connectivity index (χ1) is 8.99. The number of carbonyl (C=O) groups is 1. The van der Waals surface area contributed by atoms with Crippen LogP contribution in [0.1, 0.15) is 15.9 Å². The summed E-state index contributed by atoms with van der Waals surface area (Å²) in [5.74, 6) is 0.467. The van der Waals surface area contributed by atoms with Gasteiger partial charge in [0, 0.05) is 26.7 Å². The third-order valence-corrected chi connectivity index (χ3v) is 2.82. The summed E-state index contributed by atoms with van der Waals surface area (Å²) in [5.41, 5.74) is 7.41. The summed E-state index contributed by atoms with van der Waals surface area (Å²) in [7, 11) is 4.86. The van der Waals surface area contributed by atoms with Crippen LogP contribution in [0, 0.1) is 6.92 Å². The lowest BCUT2D eigenvalue weighted by Gasteiger charge is -2.22. The minimum absolute atomic E-state index is 0.105. The van der Waals surface area contributed by atoms with Crippen molar-refractivity contribution in [3.05, 3.63) is 29.3 Å². The van der Waals surface area contributed by atoms with Gasteiger partial charge in [-0.3, -0.25) is 4.79 Å². The van der Waals surface area contributed by atoms with Crippen LogP contribution < -0.4 is 10.5 Å². The van der Waals surface area contributed by atoms with E-state index >= 15 is 0 Å². The van der Waals surface area contributed by atoms with Gasteiger partial charge in [0.2, 0.25) is 0 Å². The van der Waals surface area contributed by atoms with E-state index in [9.17, 15) is 4.79 Å². The third kappa shape index (κ3) is 4.22. The molecule has 0 heterocycles. The molecule has 0 aliphatic carbocycles. The third-order valence-electron chi connectivity index (χ3n) is 2.82. The second-order valence-electron chi connectivity index (χ2n) is 4.60. The zero-order chi connectivity index (χ0) is 14.4. The highest BCUT2D eigenvalue weighted by atomic mass is 16.5. The fourth-order valence-electron chi connectivity index (χ4n) is 1.90. The zero-order valence-corrected chi connectivity index (χ0v) is 12.0. The molecule has 1 rings (SSSR count). The Balaban J connectivity index is 2.84. The van der Waals surface area contributed by atoms with Crippen molar-refractivity contribution in [3.8, 4) is 5.75 Å². The number of likely N-dealkylation sites (N-methyl/N-ethyl adjacent to an activating group) is 1. The van der Waals surface area contributed by atoms with Crippen molar-refractivity contribution in [3.63, 3.8) is 0 Å². The first kappa shape index (κ1) is 15.5. The first-order valence-electron chi connectivity index (χ1n) is 6.14. The lowest BCUT2D eigenvalue weighted by atomic mass is 10.1. The Hall–Kier alpha value is -1.59. The number of ether oxygens (including phenoxy) is 2. The highest BCUT2D eigenvalue weighted by molar-refractivity contribution is 5.97. The normalized spacial score (nSPS) is 12.1. The Morgan fingerprint density at radius 1 is 1.42 bits per heavy atom. The maximum Gasteiger partial charge on any atom is 0.257 e. The van der Waals surface area contributed by atoms with Gasteiger partial charge in [0.1, 0.15) is 5.75 Å². The summed E-state index contributed by atoms with van der Waals surface area (Å²) >= 11 is 0. The number of benzene rings is 1. The van der Waals surface area contributed by atoms with Gasteiger partial charge in [0.25, 0.3) is 5.91 Å². The zero-order valence-electron chi connectivity index (χ0n) is 12.0. The molecule has 0 saturated carbocycles. The SMILES string of the molecule is COCC(N)CN(C)C(=O)c1cc(C)ccc1OC. The summed E-state index contributed by atoms with van der Waals surface area (Å²) < 4.78 is 10.2. The molecule has 0 radical (unpaired) electrons. The molecule has 0 aliphatic rings. The van der Waals surface area contributed by atoms with E-state index in [-0.39, 0.29) is 11.9 Å². The highest BCUT2D eigenvalue weighted by Crippen LogP contribution is 2.21. The van der Waals surface area contributed by atoms with Gasteiger partial charge in [0.05, 0.1) is 19.3 Å². The molecule has 19 heavy (non-hydrogen) atoms. The molecule has 1 atom stereocenters. The van der Waals surface area contributed by atoms with E-state index in [2.05, 4.69) is 0 Å². The number of rotatable bonds is 6. The average Bonchev–Trinajstić information content (AvgIpc) is 2.37. The fourth-order valence-corrected chi connectivity index (χ4v) is 1.90. The van der Waals surface area contributed by atoms with Crippen LogP contribution in [0.2, 0.25) is 0 Å². The predicted octanol–water partition coefficient (Wildman–Crippen LogP) is 1.05. The molecule has 5 heteroatoms. The van der Waals surface area contributed by atoms with Crippen LogP contribution in [0.4, 0.5) is 0 Å². The number of nitrogens with zero attached hydrogens (tertiary/aromatic N) is 1. The summed E-state index contributed by atoms with van der Waals surface area (Å²) in [6.07, 6.45) is 0. The van der Waals surface area contributed by atoms with E-state index in [0.29, 0.717) is 24.5 Å². The number of hydrogen-bond donors (Lipinski definition) is 1. The van der Waals surface area contributed by atoms with Crippen LogP contribution >= 0.6 is 0 Å². The Labute approximate surface area is 114 Å². The quantitative estimate of drug-likeness (QED) is 0.836. The summed E-state index contributed by atoms with van der Waals surface area (Å²) in [6, 6.07) is 5.33. The monoisotopic (exact) mass is 266 g/mol. The Morgan fingerprint density at radius 3 is 2.68 bits per heavy atom. The van der Waals surface area contributed by atoms with Gasteiger partial charge >= 0.3 is 0 Å². The van der Waals surface area contributed by atoms with Crippen LogP contribution in [-0.2, 0) is 4.74 Å². The van der Waals surface area contributed by atoms with Gasteiger partial charge in [-0.2, -0.15) is 0 Å². The molecule has 0 aromatic heterocycles. The van der Waals surface area contributed by atoms with Gasteiger partial charge in [-0.15, -0.1) is 0 Å². The molecule has 1 aromatic rings. The van der Waals surface area contributed by atoms with Crippen LogP contribution in [0.25, 0.3) is 0 Å². The number of methoxy groups -OCH3 is 2. The first-order valence-corrected chi connectivity index (χ1v) is 6.14. The smallest absolute Gasteiger partial charge is 0.257 e. The summed E-state index contributed by atoms with van der Waals surface area (Å²) in [4.78, 5) is 14.0. The lowest BCUT2D eigenvalue weighted by molar-refractivity contribution is 0.0761. The molecule has 1 amide bonds. The molecular weight excluding hydrogens is 244 g/mol. The minimum Gasteiger partial charge on any atom is -0.496 e. The molecule has 0 aliphatic heterocycles. The van der Waals surface area contributed by atoms with Crippen molar-refractivity contribution in [2.45, 2.75) is 13.0 Å². The van der Waals surface area contributed by atoms with Crippen molar-refractivity contribution < 1.29 is 14.3 Å². The van der Waals surface area contributed by atoms with E-state index in [0.717, 1.165) is 5.56 Å². The highest BCUT2D eigenvalue weighted by Gasteiger charge is 2.18. The molecular formula is C14H22N2O3. The second kappa shape index (κ2) is 7.11. The largest absolute Gasteiger partial charge is 0.496 e. The van der Waals surface area contributed by atoms with Crippen molar-refractivity contribution >= 4 is 5.91 Å². The number of nitrogens with two attached hydrogens (primary N) is 1. The number of aryl methyl sites for hydroxylation is 1. The van der Waals surface area contributed by atoms with Crippen molar-refractivity contribution in [2.75, 3.05) is 34.4 Å². The maximum absolute atomic E-state index is 12.4. The van der Waals surface area contributed by atoms with E-state index < -0.39 is 0 Å². The molecule has 0 spiro atoms. The molecule has 106 valence electrons. The van der Waals surface area contributed by atoms with Crippen LogP contribution in [-0.4, -0.2) is 51.3 Å². The van der Waals surface area contributed by atoms with E-state index in [1.807, 2.05) is 19.1 Å². The molecule has 0 fully saturated rings. The fraction of sp³-hybridized carbons (Fsp3) is 0.500. The predicted molar refractivity (Wildman–Crippen MR) is 74.5 cm³/mol. The minimum atomic E-state index is -0.199. The molecule has 1 aromatic carbocycles.